The summed E-state index contributed by atoms with van der Waals surface area (Å²) in [7, 11) is 0. The molecule has 0 heterocycles. The van der Waals surface area contributed by atoms with Crippen LogP contribution in [0.2, 0.25) is 0 Å². The number of alkyl carbamates (subject to hydrolysis) is 1. The van der Waals surface area contributed by atoms with Crippen LogP contribution in [0.1, 0.15) is 37.0 Å². The van der Waals surface area contributed by atoms with Gasteiger partial charge in [-0.3, -0.25) is 19.2 Å². The smallest absolute Gasteiger partial charge is 0.408 e. The summed E-state index contributed by atoms with van der Waals surface area (Å²) in [6.07, 6.45) is -0.391. The third kappa shape index (κ3) is 10.3. The summed E-state index contributed by atoms with van der Waals surface area (Å²) in [6.45, 7) is 3.92. The lowest BCUT2D eigenvalue weighted by atomic mass is 9.99. The Morgan fingerprint density at radius 2 is 1.20 bits per heavy atom. The molecule has 3 N–H and O–H groups in total. The van der Waals surface area contributed by atoms with Crippen molar-refractivity contribution in [1.29, 1.82) is 0 Å². The van der Waals surface area contributed by atoms with E-state index in [-0.39, 0.29) is 25.6 Å². The monoisotopic (exact) mass is 545 g/mol. The Morgan fingerprint density at radius 3 is 1.75 bits per heavy atom. The van der Waals surface area contributed by atoms with Crippen molar-refractivity contribution in [1.82, 2.24) is 16.1 Å². The molecule has 3 rings (SSSR count). The Kier molecular flexibility index (Phi) is 11.9. The van der Waals surface area contributed by atoms with Crippen molar-refractivity contribution < 1.29 is 28.8 Å². The van der Waals surface area contributed by atoms with Crippen molar-refractivity contribution in [3.05, 3.63) is 108 Å². The molecule has 0 aliphatic carbocycles. The zero-order valence-electron chi connectivity index (χ0n) is 22.7. The minimum atomic E-state index is -1.19. The highest BCUT2D eigenvalue weighted by Gasteiger charge is 2.31. The van der Waals surface area contributed by atoms with E-state index in [1.54, 1.807) is 24.3 Å². The van der Waals surface area contributed by atoms with E-state index in [1.807, 2.05) is 80.6 Å². The molecule has 3 aromatic rings. The summed E-state index contributed by atoms with van der Waals surface area (Å²) in [4.78, 5) is 56.8. The van der Waals surface area contributed by atoms with E-state index in [1.165, 1.54) is 0 Å². The second-order valence-corrected chi connectivity index (χ2v) is 9.71. The van der Waals surface area contributed by atoms with Crippen LogP contribution in [-0.2, 0) is 43.6 Å². The second kappa shape index (κ2) is 15.8. The van der Waals surface area contributed by atoms with Crippen LogP contribution >= 0.6 is 0 Å². The first-order valence-corrected chi connectivity index (χ1v) is 13.1. The number of hydroxylamine groups is 1. The molecule has 40 heavy (non-hydrogen) atoms. The maximum Gasteiger partial charge on any atom is 0.408 e. The molecule has 9 heteroatoms. The Labute approximate surface area is 234 Å². The lowest BCUT2D eigenvalue weighted by Crippen LogP contribution is -2.54. The minimum absolute atomic E-state index is 0.0426. The van der Waals surface area contributed by atoms with Crippen molar-refractivity contribution in [2.75, 3.05) is 0 Å². The van der Waals surface area contributed by atoms with Gasteiger partial charge in [0.15, 0.2) is 0 Å². The standard InChI is InChI=1S/C31H35N3O6/c1-22(2)18-27(33-31(38)39-20-24-14-8-4-9-15-24)29(36)32-26(19-23-12-6-3-7-13-23)28(35)30(37)34-40-21-25-16-10-5-11-17-25/h3-17,22,26-27H,18-21H2,1-2H3,(H,32,36)(H,33,38)(H,34,37)/t26-,27-/m0/s1. The largest absolute Gasteiger partial charge is 0.445 e. The predicted octanol–water partition coefficient (Wildman–Crippen LogP) is 3.87. The highest BCUT2D eigenvalue weighted by Crippen LogP contribution is 2.10. The van der Waals surface area contributed by atoms with Crippen LogP contribution in [0.4, 0.5) is 4.79 Å². The summed E-state index contributed by atoms with van der Waals surface area (Å²) < 4.78 is 5.28. The maximum absolute atomic E-state index is 13.3. The third-order valence-corrected chi connectivity index (χ3v) is 5.91. The maximum atomic E-state index is 13.3. The number of hydrogen-bond acceptors (Lipinski definition) is 6. The van der Waals surface area contributed by atoms with Gasteiger partial charge in [0.2, 0.25) is 11.7 Å². The van der Waals surface area contributed by atoms with E-state index in [4.69, 9.17) is 9.57 Å². The molecule has 0 saturated heterocycles. The molecule has 0 saturated carbocycles. The summed E-state index contributed by atoms with van der Waals surface area (Å²) in [5.41, 5.74) is 4.53. The van der Waals surface area contributed by atoms with Crippen LogP contribution in [-0.4, -0.2) is 35.8 Å². The fourth-order valence-corrected chi connectivity index (χ4v) is 3.91. The van der Waals surface area contributed by atoms with Gasteiger partial charge in [0, 0.05) is 6.42 Å². The van der Waals surface area contributed by atoms with E-state index in [2.05, 4.69) is 16.1 Å². The molecule has 0 aliphatic heterocycles. The molecule has 3 aromatic carbocycles. The van der Waals surface area contributed by atoms with Gasteiger partial charge < -0.3 is 15.4 Å². The fourth-order valence-electron chi connectivity index (χ4n) is 3.91. The van der Waals surface area contributed by atoms with Gasteiger partial charge in [-0.05, 0) is 29.0 Å². The highest BCUT2D eigenvalue weighted by atomic mass is 16.7. The van der Waals surface area contributed by atoms with Crippen LogP contribution in [0, 0.1) is 5.92 Å². The molecule has 2 atom stereocenters. The number of nitrogens with one attached hydrogen (secondary N) is 3. The Hall–Kier alpha value is -4.50. The number of hydrogen-bond donors (Lipinski definition) is 3. The van der Waals surface area contributed by atoms with Gasteiger partial charge in [0.25, 0.3) is 0 Å². The number of Topliss-reactive ketones (excluding diaryl/α,β-unsaturated/α-hetero) is 1. The number of carbonyl (C=O) groups is 4. The van der Waals surface area contributed by atoms with Crippen molar-refractivity contribution >= 4 is 23.7 Å². The number of benzene rings is 3. The van der Waals surface area contributed by atoms with Crippen LogP contribution in [0.25, 0.3) is 0 Å². The molecule has 3 amide bonds. The molecule has 0 radical (unpaired) electrons. The zero-order chi connectivity index (χ0) is 28.7. The molecule has 9 nitrogen and oxygen atoms in total. The molecule has 210 valence electrons. The molecule has 0 unspecified atom stereocenters. The first-order chi connectivity index (χ1) is 19.3. The molecule has 0 aliphatic rings. The molecule has 0 fully saturated rings. The van der Waals surface area contributed by atoms with Crippen LogP contribution < -0.4 is 16.1 Å². The molecular weight excluding hydrogens is 510 g/mol. The number of ether oxygens (including phenoxy) is 1. The highest BCUT2D eigenvalue weighted by molar-refractivity contribution is 6.38. The minimum Gasteiger partial charge on any atom is -0.445 e. The summed E-state index contributed by atoms with van der Waals surface area (Å²) in [5, 5.41) is 5.26. The van der Waals surface area contributed by atoms with Crippen LogP contribution in [0.3, 0.4) is 0 Å². The van der Waals surface area contributed by atoms with Crippen LogP contribution in [0.15, 0.2) is 91.0 Å². The molecular formula is C31H35N3O6. The van der Waals surface area contributed by atoms with Crippen LogP contribution in [0.5, 0.6) is 0 Å². The van der Waals surface area contributed by atoms with E-state index in [9.17, 15) is 19.2 Å². The quantitative estimate of drug-likeness (QED) is 0.209. The van der Waals surface area contributed by atoms with Crippen molar-refractivity contribution in [2.45, 2.75) is 52.0 Å². The normalized spacial score (nSPS) is 12.2. The number of carbonyl (C=O) groups excluding carboxylic acids is 4. The molecule has 0 bridgehead atoms. The first kappa shape index (κ1) is 30.0. The first-order valence-electron chi connectivity index (χ1n) is 13.1. The van der Waals surface area contributed by atoms with Gasteiger partial charge in [0.1, 0.15) is 18.7 Å². The number of amides is 3. The summed E-state index contributed by atoms with van der Waals surface area (Å²) >= 11 is 0. The van der Waals surface area contributed by atoms with Crippen molar-refractivity contribution in [2.24, 2.45) is 5.92 Å². The second-order valence-electron chi connectivity index (χ2n) is 9.71. The lowest BCUT2D eigenvalue weighted by molar-refractivity contribution is -0.148. The zero-order valence-corrected chi connectivity index (χ0v) is 22.7. The molecule has 0 spiro atoms. The van der Waals surface area contributed by atoms with Crippen molar-refractivity contribution in [3.63, 3.8) is 0 Å². The van der Waals surface area contributed by atoms with E-state index >= 15 is 0 Å². The number of ketones is 1. The Bertz CT molecular complexity index is 1240. The third-order valence-electron chi connectivity index (χ3n) is 5.91. The van der Waals surface area contributed by atoms with E-state index in [0.29, 0.717) is 6.42 Å². The van der Waals surface area contributed by atoms with E-state index < -0.39 is 35.8 Å². The summed E-state index contributed by atoms with van der Waals surface area (Å²) in [6, 6.07) is 25.2. The van der Waals surface area contributed by atoms with Gasteiger partial charge in [0.05, 0.1) is 6.61 Å². The average Bonchev–Trinajstić information content (AvgIpc) is 2.96. The van der Waals surface area contributed by atoms with Gasteiger partial charge in [-0.1, -0.05) is 105 Å². The SMILES string of the molecule is CC(C)C[C@H](NC(=O)OCc1ccccc1)C(=O)N[C@@H](Cc1ccccc1)C(=O)C(=O)NOCc1ccccc1. The summed E-state index contributed by atoms with van der Waals surface area (Å²) in [5.74, 6) is -2.42. The van der Waals surface area contributed by atoms with Gasteiger partial charge >= 0.3 is 12.0 Å². The topological polar surface area (TPSA) is 123 Å². The Balaban J connectivity index is 1.65. The van der Waals surface area contributed by atoms with Gasteiger partial charge in [-0.15, -0.1) is 0 Å². The average molecular weight is 546 g/mol. The van der Waals surface area contributed by atoms with Crippen molar-refractivity contribution in [3.8, 4) is 0 Å². The Morgan fingerprint density at radius 1 is 0.675 bits per heavy atom. The van der Waals surface area contributed by atoms with Gasteiger partial charge in [-0.25, -0.2) is 10.3 Å². The predicted molar refractivity (Wildman–Crippen MR) is 149 cm³/mol. The fraction of sp³-hybridized carbons (Fsp3) is 0.290. The van der Waals surface area contributed by atoms with Gasteiger partial charge in [-0.2, -0.15) is 0 Å². The number of rotatable bonds is 14. The van der Waals surface area contributed by atoms with E-state index in [0.717, 1.165) is 16.7 Å². The lowest BCUT2D eigenvalue weighted by Gasteiger charge is -2.23. The molecule has 0 aromatic heterocycles.